The van der Waals surface area contributed by atoms with Gasteiger partial charge >= 0.3 is 0 Å². The largest absolute Gasteiger partial charge is 0.495 e. The number of fused-ring (bicyclic) bond motifs is 1. The van der Waals surface area contributed by atoms with Crippen LogP contribution in [0.15, 0.2) is 40.2 Å². The summed E-state index contributed by atoms with van der Waals surface area (Å²) in [6, 6.07) is 9.43. The van der Waals surface area contributed by atoms with Crippen molar-refractivity contribution in [1.82, 2.24) is 15.0 Å². The number of thiophene rings is 1. The van der Waals surface area contributed by atoms with Crippen LogP contribution in [0, 0.1) is 0 Å². The lowest BCUT2D eigenvalue weighted by molar-refractivity contribution is -0.115. The molecule has 27 heavy (non-hydrogen) atoms. The molecule has 0 spiro atoms. The van der Waals surface area contributed by atoms with Crippen molar-refractivity contribution < 1.29 is 14.1 Å². The number of amides is 1. The van der Waals surface area contributed by atoms with Gasteiger partial charge in [0.25, 0.3) is 0 Å². The highest BCUT2D eigenvalue weighted by Gasteiger charge is 2.20. The summed E-state index contributed by atoms with van der Waals surface area (Å²) in [5.41, 5.74) is 2.00. The van der Waals surface area contributed by atoms with E-state index >= 15 is 0 Å². The molecular formula is C19H20N4O3S. The number of aromatic nitrogens is 2. The SMILES string of the molecule is COc1ccccc1NC(=O)Cc1noc(CN2CCc3sccc3C2)n1. The van der Waals surface area contributed by atoms with Gasteiger partial charge in [-0.25, -0.2) is 0 Å². The maximum Gasteiger partial charge on any atom is 0.240 e. The topological polar surface area (TPSA) is 80.5 Å². The standard InChI is InChI=1S/C19H20N4O3S/c1-25-15-5-3-2-4-14(15)20-18(24)10-17-21-19(26-22-17)12-23-8-6-16-13(11-23)7-9-27-16/h2-5,7,9H,6,8,10-12H2,1H3,(H,20,24). The maximum atomic E-state index is 12.3. The molecule has 8 heteroatoms. The molecule has 140 valence electrons. The Morgan fingerprint density at radius 1 is 1.37 bits per heavy atom. The van der Waals surface area contributed by atoms with Crippen molar-refractivity contribution in [3.05, 3.63) is 57.9 Å². The van der Waals surface area contributed by atoms with Gasteiger partial charge in [0.2, 0.25) is 11.8 Å². The minimum Gasteiger partial charge on any atom is -0.495 e. The molecule has 0 radical (unpaired) electrons. The fourth-order valence-electron chi connectivity index (χ4n) is 3.15. The number of hydrogen-bond donors (Lipinski definition) is 1. The second-order valence-corrected chi connectivity index (χ2v) is 7.36. The molecule has 1 aromatic carbocycles. The van der Waals surface area contributed by atoms with Crippen LogP contribution in [0.1, 0.15) is 22.2 Å². The summed E-state index contributed by atoms with van der Waals surface area (Å²) < 4.78 is 10.6. The molecule has 1 amide bonds. The van der Waals surface area contributed by atoms with Gasteiger partial charge in [-0.3, -0.25) is 9.69 Å². The van der Waals surface area contributed by atoms with Crippen LogP contribution >= 0.6 is 11.3 Å². The molecule has 0 atom stereocenters. The average Bonchev–Trinajstić information content (AvgIpc) is 3.31. The zero-order valence-electron chi connectivity index (χ0n) is 15.0. The number of carbonyl (C=O) groups excluding carboxylic acids is 1. The van der Waals surface area contributed by atoms with Gasteiger partial charge in [-0.2, -0.15) is 4.98 Å². The summed E-state index contributed by atoms with van der Waals surface area (Å²) in [5.74, 6) is 1.31. The third-order valence-corrected chi connectivity index (χ3v) is 5.48. The van der Waals surface area contributed by atoms with Crippen molar-refractivity contribution >= 4 is 22.9 Å². The van der Waals surface area contributed by atoms with Gasteiger partial charge in [-0.05, 0) is 35.6 Å². The summed E-state index contributed by atoms with van der Waals surface area (Å²) >= 11 is 1.82. The molecule has 3 aromatic rings. The zero-order valence-corrected chi connectivity index (χ0v) is 15.8. The second kappa shape index (κ2) is 7.89. The fraction of sp³-hybridized carbons (Fsp3) is 0.316. The van der Waals surface area contributed by atoms with E-state index in [4.69, 9.17) is 9.26 Å². The van der Waals surface area contributed by atoms with Crippen molar-refractivity contribution in [3.63, 3.8) is 0 Å². The minimum atomic E-state index is -0.215. The molecule has 7 nitrogen and oxygen atoms in total. The van der Waals surface area contributed by atoms with Crippen molar-refractivity contribution in [2.75, 3.05) is 19.0 Å². The number of hydrogen-bond acceptors (Lipinski definition) is 7. The minimum absolute atomic E-state index is 0.0518. The van der Waals surface area contributed by atoms with E-state index in [1.165, 1.54) is 10.4 Å². The van der Waals surface area contributed by atoms with Crippen molar-refractivity contribution in [1.29, 1.82) is 0 Å². The molecule has 1 aliphatic heterocycles. The Hall–Kier alpha value is -2.71. The van der Waals surface area contributed by atoms with Crippen LogP contribution in [0.3, 0.4) is 0 Å². The first-order valence-corrected chi connectivity index (χ1v) is 9.61. The summed E-state index contributed by atoms with van der Waals surface area (Å²) in [7, 11) is 1.57. The van der Waals surface area contributed by atoms with Crippen molar-refractivity contribution in [2.24, 2.45) is 0 Å². The summed E-state index contributed by atoms with van der Waals surface area (Å²) in [4.78, 5) is 20.4. The van der Waals surface area contributed by atoms with E-state index in [1.54, 1.807) is 19.2 Å². The van der Waals surface area contributed by atoms with E-state index < -0.39 is 0 Å². The number of rotatable bonds is 6. The molecular weight excluding hydrogens is 364 g/mol. The highest BCUT2D eigenvalue weighted by atomic mass is 32.1. The number of carbonyl (C=O) groups is 1. The number of nitrogens with one attached hydrogen (secondary N) is 1. The molecule has 2 aromatic heterocycles. The van der Waals surface area contributed by atoms with Gasteiger partial charge in [0.1, 0.15) is 5.75 Å². The lowest BCUT2D eigenvalue weighted by Crippen LogP contribution is -2.29. The Balaban J connectivity index is 1.33. The smallest absolute Gasteiger partial charge is 0.240 e. The average molecular weight is 384 g/mol. The van der Waals surface area contributed by atoms with Crippen LogP contribution in [-0.4, -0.2) is 34.6 Å². The Morgan fingerprint density at radius 2 is 2.26 bits per heavy atom. The number of para-hydroxylation sites is 2. The van der Waals surface area contributed by atoms with E-state index in [9.17, 15) is 4.79 Å². The molecule has 1 N–H and O–H groups in total. The Morgan fingerprint density at radius 3 is 3.15 bits per heavy atom. The van der Waals surface area contributed by atoms with Gasteiger partial charge in [0.05, 0.1) is 25.8 Å². The van der Waals surface area contributed by atoms with E-state index in [2.05, 4.69) is 31.8 Å². The summed E-state index contributed by atoms with van der Waals surface area (Å²) in [5, 5.41) is 8.89. The third kappa shape index (κ3) is 4.17. The predicted octanol–water partition coefficient (Wildman–Crippen LogP) is 2.88. The number of ether oxygens (including phenoxy) is 1. The predicted molar refractivity (Wildman–Crippen MR) is 102 cm³/mol. The van der Waals surface area contributed by atoms with Gasteiger partial charge in [-0.15, -0.1) is 11.3 Å². The lowest BCUT2D eigenvalue weighted by atomic mass is 10.1. The monoisotopic (exact) mass is 384 g/mol. The quantitative estimate of drug-likeness (QED) is 0.704. The van der Waals surface area contributed by atoms with Crippen LogP contribution in [0.4, 0.5) is 5.69 Å². The Bertz CT molecular complexity index is 936. The molecule has 1 aliphatic rings. The van der Waals surface area contributed by atoms with Gasteiger partial charge in [0.15, 0.2) is 5.82 Å². The van der Waals surface area contributed by atoms with Crippen molar-refractivity contribution in [3.8, 4) is 5.75 Å². The third-order valence-electron chi connectivity index (χ3n) is 4.46. The van der Waals surface area contributed by atoms with Crippen LogP contribution in [0.25, 0.3) is 0 Å². The maximum absolute atomic E-state index is 12.3. The number of methoxy groups -OCH3 is 1. The van der Waals surface area contributed by atoms with E-state index in [0.717, 1.165) is 19.5 Å². The first kappa shape index (κ1) is 17.7. The molecule has 0 unspecified atom stereocenters. The molecule has 0 saturated carbocycles. The van der Waals surface area contributed by atoms with Crippen LogP contribution < -0.4 is 10.1 Å². The molecule has 4 rings (SSSR count). The first-order valence-electron chi connectivity index (χ1n) is 8.73. The molecule has 0 bridgehead atoms. The second-order valence-electron chi connectivity index (χ2n) is 6.36. The Kier molecular flexibility index (Phi) is 5.17. The normalized spacial score (nSPS) is 14.0. The van der Waals surface area contributed by atoms with Gasteiger partial charge < -0.3 is 14.6 Å². The van der Waals surface area contributed by atoms with E-state index in [0.29, 0.717) is 29.7 Å². The van der Waals surface area contributed by atoms with Crippen LogP contribution in [0.5, 0.6) is 5.75 Å². The van der Waals surface area contributed by atoms with Crippen molar-refractivity contribution in [2.45, 2.75) is 25.9 Å². The number of nitrogens with zero attached hydrogens (tertiary/aromatic N) is 3. The first-order chi connectivity index (χ1) is 13.2. The number of benzene rings is 1. The van der Waals surface area contributed by atoms with E-state index in [1.807, 2.05) is 23.5 Å². The summed E-state index contributed by atoms with van der Waals surface area (Å²) in [6.45, 7) is 2.46. The van der Waals surface area contributed by atoms with Crippen LogP contribution in [0.2, 0.25) is 0 Å². The lowest BCUT2D eigenvalue weighted by Gasteiger charge is -2.24. The number of anilines is 1. The molecule has 3 heterocycles. The molecule has 0 saturated heterocycles. The highest BCUT2D eigenvalue weighted by Crippen LogP contribution is 2.25. The van der Waals surface area contributed by atoms with Gasteiger partial charge in [0, 0.05) is 18.0 Å². The van der Waals surface area contributed by atoms with Gasteiger partial charge in [-0.1, -0.05) is 17.3 Å². The summed E-state index contributed by atoms with van der Waals surface area (Å²) in [6.07, 6.45) is 1.10. The zero-order chi connectivity index (χ0) is 18.6. The molecule has 0 aliphatic carbocycles. The van der Waals surface area contributed by atoms with E-state index in [-0.39, 0.29) is 12.3 Å². The highest BCUT2D eigenvalue weighted by molar-refractivity contribution is 7.10. The van der Waals surface area contributed by atoms with Crippen LogP contribution in [-0.2, 0) is 30.7 Å². The molecule has 0 fully saturated rings. The fourth-order valence-corrected chi connectivity index (χ4v) is 4.03. The Labute approximate surface area is 161 Å².